The molecule has 2 rings (SSSR count). The number of nitrogens with zero attached hydrogens (tertiary/aromatic N) is 1. The van der Waals surface area contributed by atoms with Gasteiger partial charge in [0, 0.05) is 19.0 Å². The number of pyridine rings is 1. The molecule has 2 heterocycles. The maximum absolute atomic E-state index is 5.73. The lowest BCUT2D eigenvalue weighted by atomic mass is 10.3. The summed E-state index contributed by atoms with van der Waals surface area (Å²) in [7, 11) is 0. The van der Waals surface area contributed by atoms with E-state index in [0.29, 0.717) is 6.61 Å². The van der Waals surface area contributed by atoms with Gasteiger partial charge in [0.15, 0.2) is 0 Å². The fourth-order valence-electron chi connectivity index (χ4n) is 1.58. The highest BCUT2D eigenvalue weighted by Crippen LogP contribution is 2.19. The van der Waals surface area contributed by atoms with Crippen LogP contribution in [0.2, 0.25) is 0 Å². The third-order valence-corrected chi connectivity index (χ3v) is 2.28. The van der Waals surface area contributed by atoms with Gasteiger partial charge in [-0.15, -0.1) is 0 Å². The van der Waals surface area contributed by atoms with Gasteiger partial charge in [0.2, 0.25) is 0 Å². The Bertz CT molecular complexity index is 311. The summed E-state index contributed by atoms with van der Waals surface area (Å²) in [5, 5.41) is 3.20. The van der Waals surface area contributed by atoms with Crippen LogP contribution in [0.5, 0.6) is 5.75 Å². The first-order valence-electron chi connectivity index (χ1n) is 5.32. The van der Waals surface area contributed by atoms with Crippen LogP contribution in [-0.2, 0) is 4.74 Å². The molecule has 0 bridgehead atoms. The molecule has 0 amide bonds. The van der Waals surface area contributed by atoms with Gasteiger partial charge in [-0.05, 0) is 6.92 Å². The zero-order valence-corrected chi connectivity index (χ0v) is 8.90. The summed E-state index contributed by atoms with van der Waals surface area (Å²) in [5.74, 6) is 0.809. The van der Waals surface area contributed by atoms with Crippen molar-refractivity contribution in [2.45, 2.75) is 19.4 Å². The van der Waals surface area contributed by atoms with Crippen molar-refractivity contribution in [3.63, 3.8) is 0 Å². The first-order valence-corrected chi connectivity index (χ1v) is 5.32. The van der Waals surface area contributed by atoms with Gasteiger partial charge in [-0.3, -0.25) is 4.98 Å². The molecule has 1 aromatic rings. The van der Waals surface area contributed by atoms with Gasteiger partial charge in [-0.25, -0.2) is 0 Å². The largest absolute Gasteiger partial charge is 0.486 e. The van der Waals surface area contributed by atoms with E-state index in [4.69, 9.17) is 9.47 Å². The molecule has 1 aromatic heterocycles. The van der Waals surface area contributed by atoms with Crippen molar-refractivity contribution < 1.29 is 9.47 Å². The van der Waals surface area contributed by atoms with Crippen LogP contribution < -0.4 is 10.1 Å². The fourth-order valence-corrected chi connectivity index (χ4v) is 1.58. The summed E-state index contributed by atoms with van der Waals surface area (Å²) in [6.07, 6.45) is 4.68. The lowest BCUT2D eigenvalue weighted by molar-refractivity contribution is 0.141. The zero-order chi connectivity index (χ0) is 10.5. The van der Waals surface area contributed by atoms with Crippen LogP contribution in [0, 0.1) is 0 Å². The summed E-state index contributed by atoms with van der Waals surface area (Å²) in [6.45, 7) is 4.42. The Labute approximate surface area is 89.6 Å². The van der Waals surface area contributed by atoms with Crippen LogP contribution in [0.1, 0.15) is 13.3 Å². The van der Waals surface area contributed by atoms with Crippen molar-refractivity contribution in [2.75, 3.05) is 25.1 Å². The molecule has 4 heteroatoms. The van der Waals surface area contributed by atoms with E-state index in [1.165, 1.54) is 0 Å². The van der Waals surface area contributed by atoms with E-state index in [1.54, 1.807) is 12.4 Å². The minimum absolute atomic E-state index is 0.184. The number of ether oxygens (including phenoxy) is 2. The number of aromatic nitrogens is 1. The molecule has 0 radical (unpaired) electrons. The molecule has 0 spiro atoms. The molecule has 1 saturated heterocycles. The second kappa shape index (κ2) is 4.98. The summed E-state index contributed by atoms with van der Waals surface area (Å²) >= 11 is 0. The third kappa shape index (κ3) is 2.83. The van der Waals surface area contributed by atoms with Gasteiger partial charge in [0.25, 0.3) is 0 Å². The molecule has 1 aliphatic rings. The minimum Gasteiger partial charge on any atom is -0.486 e. The van der Waals surface area contributed by atoms with Crippen LogP contribution in [0.4, 0.5) is 5.69 Å². The van der Waals surface area contributed by atoms with Crippen molar-refractivity contribution >= 4 is 5.69 Å². The Morgan fingerprint density at radius 2 is 2.53 bits per heavy atom. The number of anilines is 1. The van der Waals surface area contributed by atoms with Gasteiger partial charge in [0.05, 0.1) is 31.3 Å². The number of rotatable bonds is 4. The molecular weight excluding hydrogens is 192 g/mol. The van der Waals surface area contributed by atoms with Crippen LogP contribution >= 0.6 is 0 Å². The molecule has 1 unspecified atom stereocenters. The topological polar surface area (TPSA) is 43.4 Å². The quantitative estimate of drug-likeness (QED) is 0.817. The molecule has 82 valence electrons. The predicted molar refractivity (Wildman–Crippen MR) is 58.3 cm³/mol. The lowest BCUT2D eigenvalue weighted by Crippen LogP contribution is -2.15. The maximum atomic E-state index is 5.73. The van der Waals surface area contributed by atoms with Gasteiger partial charge in [-0.2, -0.15) is 0 Å². The van der Waals surface area contributed by atoms with Crippen molar-refractivity contribution in [1.82, 2.24) is 4.98 Å². The zero-order valence-electron chi connectivity index (χ0n) is 8.90. The van der Waals surface area contributed by atoms with Crippen LogP contribution in [0.25, 0.3) is 0 Å². The molecule has 4 nitrogen and oxygen atoms in total. The van der Waals surface area contributed by atoms with Crippen molar-refractivity contribution in [2.24, 2.45) is 0 Å². The standard InChI is InChI=1S/C11H16N2O2/c1-2-13-9-5-11(7-12-6-9)15-10-3-4-14-8-10/h5-7,10,13H,2-4,8H2,1H3. The second-order valence-electron chi connectivity index (χ2n) is 3.54. The van der Waals surface area contributed by atoms with E-state index in [9.17, 15) is 0 Å². The van der Waals surface area contributed by atoms with Crippen LogP contribution in [-0.4, -0.2) is 30.8 Å². The number of hydrogen-bond acceptors (Lipinski definition) is 4. The monoisotopic (exact) mass is 208 g/mol. The molecule has 1 aliphatic heterocycles. The van der Waals surface area contributed by atoms with Crippen molar-refractivity contribution in [1.29, 1.82) is 0 Å². The van der Waals surface area contributed by atoms with Gasteiger partial charge in [0.1, 0.15) is 11.9 Å². The average molecular weight is 208 g/mol. The van der Waals surface area contributed by atoms with Crippen LogP contribution in [0.3, 0.4) is 0 Å². The highest BCUT2D eigenvalue weighted by Gasteiger charge is 2.17. The SMILES string of the molecule is CCNc1cncc(OC2CCOC2)c1. The molecule has 1 fully saturated rings. The van der Waals surface area contributed by atoms with E-state index in [0.717, 1.165) is 31.0 Å². The Morgan fingerprint density at radius 1 is 1.60 bits per heavy atom. The van der Waals surface area contributed by atoms with E-state index in [1.807, 2.05) is 6.07 Å². The van der Waals surface area contributed by atoms with Gasteiger partial charge >= 0.3 is 0 Å². The first-order chi connectivity index (χ1) is 7.38. The molecule has 0 saturated carbocycles. The van der Waals surface area contributed by atoms with E-state index >= 15 is 0 Å². The molecule has 1 N–H and O–H groups in total. The summed E-state index contributed by atoms with van der Waals surface area (Å²) < 4.78 is 11.0. The molecule has 15 heavy (non-hydrogen) atoms. The number of hydrogen-bond donors (Lipinski definition) is 1. The Hall–Kier alpha value is -1.29. The second-order valence-corrected chi connectivity index (χ2v) is 3.54. The predicted octanol–water partition coefficient (Wildman–Crippen LogP) is 1.68. The number of nitrogens with one attached hydrogen (secondary N) is 1. The highest BCUT2D eigenvalue weighted by molar-refractivity contribution is 5.44. The fraction of sp³-hybridized carbons (Fsp3) is 0.545. The average Bonchev–Trinajstić information content (AvgIpc) is 2.71. The van der Waals surface area contributed by atoms with E-state index in [2.05, 4.69) is 17.2 Å². The molecular formula is C11H16N2O2. The van der Waals surface area contributed by atoms with E-state index in [-0.39, 0.29) is 6.10 Å². The van der Waals surface area contributed by atoms with Crippen molar-refractivity contribution in [3.8, 4) is 5.75 Å². The summed E-state index contributed by atoms with van der Waals surface area (Å²) in [6, 6.07) is 1.97. The van der Waals surface area contributed by atoms with E-state index < -0.39 is 0 Å². The Kier molecular flexibility index (Phi) is 3.40. The summed E-state index contributed by atoms with van der Waals surface area (Å²) in [4.78, 5) is 4.12. The smallest absolute Gasteiger partial charge is 0.140 e. The molecule has 0 aromatic carbocycles. The molecule has 0 aliphatic carbocycles. The minimum atomic E-state index is 0.184. The lowest BCUT2D eigenvalue weighted by Gasteiger charge is -2.12. The van der Waals surface area contributed by atoms with Crippen LogP contribution in [0.15, 0.2) is 18.5 Å². The third-order valence-electron chi connectivity index (χ3n) is 2.28. The normalized spacial score (nSPS) is 20.2. The maximum Gasteiger partial charge on any atom is 0.140 e. The highest BCUT2D eigenvalue weighted by atomic mass is 16.5. The summed E-state index contributed by atoms with van der Waals surface area (Å²) in [5.41, 5.74) is 0.994. The Balaban J connectivity index is 1.97. The van der Waals surface area contributed by atoms with Gasteiger partial charge < -0.3 is 14.8 Å². The first kappa shape index (κ1) is 10.2. The van der Waals surface area contributed by atoms with Gasteiger partial charge in [-0.1, -0.05) is 0 Å². The van der Waals surface area contributed by atoms with Crippen molar-refractivity contribution in [3.05, 3.63) is 18.5 Å². The molecule has 1 atom stereocenters. The Morgan fingerprint density at radius 3 is 3.27 bits per heavy atom.